The summed E-state index contributed by atoms with van der Waals surface area (Å²) >= 11 is 0. The van der Waals surface area contributed by atoms with Gasteiger partial charge in [0.15, 0.2) is 0 Å². The van der Waals surface area contributed by atoms with Crippen molar-refractivity contribution in [3.63, 3.8) is 0 Å². The summed E-state index contributed by atoms with van der Waals surface area (Å²) < 4.78 is 0. The monoisotopic (exact) mass is 753 g/mol. The van der Waals surface area contributed by atoms with E-state index in [2.05, 4.69) is 173 Å². The molecule has 0 bridgehead atoms. The molecule has 0 spiro atoms. The maximum absolute atomic E-state index is 2.17. The van der Waals surface area contributed by atoms with E-state index in [1.807, 2.05) is 13.8 Å². The van der Waals surface area contributed by atoms with E-state index in [4.69, 9.17) is 0 Å². The first-order valence-electron chi connectivity index (χ1n) is 23.4. The molecule has 0 saturated heterocycles. The average Bonchev–Trinajstić information content (AvgIpc) is 3.87. The molecule has 4 aromatic rings. The molecule has 0 amide bonds. The Kier molecular flexibility index (Phi) is 33.0. The maximum Gasteiger partial charge on any atom is -0.0184 e. The van der Waals surface area contributed by atoms with Crippen LogP contribution < -0.4 is 0 Å². The molecule has 0 aromatic heterocycles. The van der Waals surface area contributed by atoms with E-state index in [0.717, 1.165) is 17.8 Å². The van der Waals surface area contributed by atoms with Crippen LogP contribution in [-0.2, 0) is 0 Å². The number of fused-ring (bicyclic) bond motifs is 4. The molecule has 312 valence electrons. The Labute approximate surface area is 345 Å². The van der Waals surface area contributed by atoms with Gasteiger partial charge in [-0.2, -0.15) is 0 Å². The first-order chi connectivity index (χ1) is 26.5. The molecule has 55 heavy (non-hydrogen) atoms. The predicted molar refractivity (Wildman–Crippen MR) is 255 cm³/mol. The molecule has 0 heterocycles. The fraction of sp³-hybridized carbons (Fsp3) is 0.636. The molecule has 4 fully saturated rings. The van der Waals surface area contributed by atoms with Gasteiger partial charge in [-0.05, 0) is 63.0 Å². The lowest BCUT2D eigenvalue weighted by Crippen LogP contribution is -2.12. The van der Waals surface area contributed by atoms with Crippen LogP contribution in [0.1, 0.15) is 186 Å². The highest BCUT2D eigenvalue weighted by Gasteiger charge is 2.29. The third-order valence-electron chi connectivity index (χ3n) is 9.75. The lowest BCUT2D eigenvalue weighted by atomic mass is 9.82. The van der Waals surface area contributed by atoms with Crippen LogP contribution in [0.4, 0.5) is 0 Å². The first-order valence-corrected chi connectivity index (χ1v) is 23.4. The van der Waals surface area contributed by atoms with E-state index < -0.39 is 0 Å². The zero-order valence-electron chi connectivity index (χ0n) is 38.9. The molecule has 4 unspecified atom stereocenters. The normalized spacial score (nSPS) is 20.0. The van der Waals surface area contributed by atoms with Crippen molar-refractivity contribution in [2.45, 2.75) is 186 Å². The van der Waals surface area contributed by atoms with E-state index >= 15 is 0 Å². The van der Waals surface area contributed by atoms with Crippen LogP contribution in [0.3, 0.4) is 0 Å². The lowest BCUT2D eigenvalue weighted by Gasteiger charge is -2.24. The van der Waals surface area contributed by atoms with E-state index in [0.29, 0.717) is 0 Å². The van der Waals surface area contributed by atoms with Gasteiger partial charge in [0.2, 0.25) is 0 Å². The Morgan fingerprint density at radius 2 is 0.455 bits per heavy atom. The minimum Gasteiger partial charge on any atom is -0.0683 e. The molecule has 4 atom stereocenters. The third kappa shape index (κ3) is 27.6. The Bertz CT molecular complexity index is 1100. The SMILES string of the molecule is C1CCC2CCCC2C1.C1CCC2CCCC2C1.CC.CC(C)C.CC(C)C.CC(C)C.CCC.c1ccc2ccccc2c1.c1ccc2ccccc2c1. The topological polar surface area (TPSA) is 0 Å². The molecule has 4 aliphatic carbocycles. The standard InChI is InChI=1S/2C10H8.2C9H16.3C4H10.C3H8.C2H6/c2*1-2-6-10-8-4-3-7-9(10)5-1;2*1-2-5-9-7-3-6-8(9)4-1;3*1-4(2)3;1-3-2;1-2/h2*1-8H;2*8-9H,1-7H2;3*4H,1-3H3;3H2,1-2H3;1-2H3. The average molecular weight is 753 g/mol. The highest BCUT2D eigenvalue weighted by molar-refractivity contribution is 5.82. The summed E-state index contributed by atoms with van der Waals surface area (Å²) in [5, 5.41) is 5.24. The lowest BCUT2D eigenvalue weighted by molar-refractivity contribution is 0.277. The highest BCUT2D eigenvalue weighted by Crippen LogP contribution is 2.42. The first kappa shape index (κ1) is 52.4. The summed E-state index contributed by atoms with van der Waals surface area (Å²) in [5.74, 6) is 7.16. The summed E-state index contributed by atoms with van der Waals surface area (Å²) in [6.07, 6.45) is 22.9. The zero-order chi connectivity index (χ0) is 41.3. The van der Waals surface area contributed by atoms with Crippen molar-refractivity contribution in [1.29, 1.82) is 0 Å². The fourth-order valence-corrected chi connectivity index (χ4v) is 7.64. The molecule has 0 radical (unpaired) electrons. The van der Waals surface area contributed by atoms with Crippen LogP contribution in [0.25, 0.3) is 21.5 Å². The summed E-state index contributed by atoms with van der Waals surface area (Å²) in [6.45, 7) is 27.8. The van der Waals surface area contributed by atoms with Crippen molar-refractivity contribution < 1.29 is 0 Å². The second kappa shape index (κ2) is 34.6. The van der Waals surface area contributed by atoms with E-state index in [-0.39, 0.29) is 0 Å². The van der Waals surface area contributed by atoms with Crippen LogP contribution in [0.5, 0.6) is 0 Å². The molecule has 4 saturated carbocycles. The van der Waals surface area contributed by atoms with Crippen molar-refractivity contribution in [3.05, 3.63) is 97.1 Å². The van der Waals surface area contributed by atoms with Crippen molar-refractivity contribution in [2.75, 3.05) is 0 Å². The largest absolute Gasteiger partial charge is 0.0683 e. The number of rotatable bonds is 0. The Morgan fingerprint density at radius 1 is 0.327 bits per heavy atom. The Morgan fingerprint density at radius 3 is 0.600 bits per heavy atom. The van der Waals surface area contributed by atoms with E-state index in [9.17, 15) is 0 Å². The van der Waals surface area contributed by atoms with Crippen molar-refractivity contribution in [2.24, 2.45) is 41.4 Å². The molecule has 4 aliphatic rings. The van der Waals surface area contributed by atoms with Gasteiger partial charge < -0.3 is 0 Å². The van der Waals surface area contributed by atoms with Gasteiger partial charge in [0.05, 0.1) is 0 Å². The summed E-state index contributed by atoms with van der Waals surface area (Å²) in [5.41, 5.74) is 0. The molecule has 4 aromatic carbocycles. The van der Waals surface area contributed by atoms with Crippen molar-refractivity contribution in [3.8, 4) is 0 Å². The molecule has 8 rings (SSSR count). The van der Waals surface area contributed by atoms with Crippen LogP contribution in [0, 0.1) is 41.4 Å². The quantitative estimate of drug-likeness (QED) is 0.168. The minimum atomic E-state index is 0.833. The fourth-order valence-electron chi connectivity index (χ4n) is 7.64. The second-order valence-electron chi connectivity index (χ2n) is 18.1. The van der Waals surface area contributed by atoms with Gasteiger partial charge in [-0.15, -0.1) is 0 Å². The maximum atomic E-state index is 2.17. The molecule has 0 nitrogen and oxygen atoms in total. The van der Waals surface area contributed by atoms with Gasteiger partial charge in [-0.25, -0.2) is 0 Å². The second-order valence-corrected chi connectivity index (χ2v) is 18.1. The minimum absolute atomic E-state index is 0.833. The Balaban J connectivity index is 0.000000625. The molecular formula is C55H92. The smallest absolute Gasteiger partial charge is 0.0184 e. The van der Waals surface area contributed by atoms with Gasteiger partial charge in [-0.3, -0.25) is 0 Å². The number of benzene rings is 4. The van der Waals surface area contributed by atoms with Gasteiger partial charge in [0.25, 0.3) is 0 Å². The zero-order valence-corrected chi connectivity index (χ0v) is 38.9. The Hall–Kier alpha value is -2.60. The van der Waals surface area contributed by atoms with E-state index in [1.165, 1.54) is 90.2 Å². The van der Waals surface area contributed by atoms with Crippen LogP contribution in [0.15, 0.2) is 97.1 Å². The summed E-state index contributed by atoms with van der Waals surface area (Å²) in [6, 6.07) is 33.4. The molecule has 0 N–H and O–H groups in total. The van der Waals surface area contributed by atoms with E-state index in [1.54, 1.807) is 51.4 Å². The van der Waals surface area contributed by atoms with Gasteiger partial charge in [-0.1, -0.05) is 283 Å². The van der Waals surface area contributed by atoms with Crippen molar-refractivity contribution in [1.82, 2.24) is 0 Å². The van der Waals surface area contributed by atoms with Crippen LogP contribution in [-0.4, -0.2) is 0 Å². The van der Waals surface area contributed by atoms with Crippen LogP contribution in [0.2, 0.25) is 0 Å². The highest BCUT2D eigenvalue weighted by atomic mass is 14.3. The number of hydrogen-bond donors (Lipinski definition) is 0. The molecule has 0 aliphatic heterocycles. The third-order valence-corrected chi connectivity index (χ3v) is 9.75. The van der Waals surface area contributed by atoms with Crippen molar-refractivity contribution >= 4 is 21.5 Å². The van der Waals surface area contributed by atoms with Gasteiger partial charge >= 0.3 is 0 Å². The summed E-state index contributed by atoms with van der Waals surface area (Å²) in [4.78, 5) is 0. The molecule has 0 heteroatoms. The van der Waals surface area contributed by atoms with Gasteiger partial charge in [0, 0.05) is 0 Å². The predicted octanol–water partition coefficient (Wildman–Crippen LogP) is 19.1. The van der Waals surface area contributed by atoms with Crippen LogP contribution >= 0.6 is 0 Å². The van der Waals surface area contributed by atoms with Gasteiger partial charge in [0.1, 0.15) is 0 Å². The number of hydrogen-bond acceptors (Lipinski definition) is 0. The molecular weight excluding hydrogens is 661 g/mol. The summed E-state index contributed by atoms with van der Waals surface area (Å²) in [7, 11) is 0.